The van der Waals surface area contributed by atoms with Gasteiger partial charge in [-0.3, -0.25) is 0 Å². The van der Waals surface area contributed by atoms with Gasteiger partial charge in [-0.2, -0.15) is 0 Å². The molecule has 0 atom stereocenters. The lowest BCUT2D eigenvalue weighted by Crippen LogP contribution is -2.16. The van der Waals surface area contributed by atoms with Gasteiger partial charge in [0.15, 0.2) is 9.84 Å². The minimum absolute atomic E-state index is 0.0565. The highest BCUT2D eigenvalue weighted by atomic mass is 32.2. The predicted molar refractivity (Wildman–Crippen MR) is 77.7 cm³/mol. The molecule has 0 aliphatic rings. The van der Waals surface area contributed by atoms with E-state index in [-0.39, 0.29) is 28.6 Å². The number of carboxylic acids is 1. The van der Waals surface area contributed by atoms with Gasteiger partial charge < -0.3 is 14.6 Å². The van der Waals surface area contributed by atoms with Crippen LogP contribution in [0.3, 0.4) is 0 Å². The van der Waals surface area contributed by atoms with Crippen LogP contribution in [0.5, 0.6) is 5.75 Å². The summed E-state index contributed by atoms with van der Waals surface area (Å²) in [7, 11) is -2.33. The normalized spacial score (nSPS) is 11.6. The third-order valence-electron chi connectivity index (χ3n) is 2.69. The van der Waals surface area contributed by atoms with Crippen molar-refractivity contribution in [3.05, 3.63) is 23.8 Å². The van der Waals surface area contributed by atoms with Crippen LogP contribution in [-0.2, 0) is 14.6 Å². The topological polar surface area (TPSA) is 89.9 Å². The number of rotatable bonds is 8. The summed E-state index contributed by atoms with van der Waals surface area (Å²) in [5.74, 6) is -0.967. The van der Waals surface area contributed by atoms with Crippen LogP contribution < -0.4 is 4.74 Å². The Balaban J connectivity index is 2.95. The molecule has 0 amide bonds. The molecule has 0 unspecified atom stereocenters. The summed E-state index contributed by atoms with van der Waals surface area (Å²) < 4.78 is 34.8. The molecule has 7 heteroatoms. The molecule has 0 radical (unpaired) electrons. The Hall–Kier alpha value is -1.60. The SMILES string of the molecule is COc1ccc(C(=O)O)cc1S(=O)(=O)CCOCC(C)C. The highest BCUT2D eigenvalue weighted by Crippen LogP contribution is 2.26. The minimum atomic E-state index is -3.67. The molecule has 1 rings (SSSR count). The molecule has 21 heavy (non-hydrogen) atoms. The van der Waals surface area contributed by atoms with E-state index in [4.69, 9.17) is 14.6 Å². The first kappa shape index (κ1) is 17.5. The molecule has 1 aromatic rings. The zero-order valence-electron chi connectivity index (χ0n) is 12.3. The van der Waals surface area contributed by atoms with Gasteiger partial charge in [-0.1, -0.05) is 13.8 Å². The van der Waals surface area contributed by atoms with E-state index in [0.29, 0.717) is 12.5 Å². The summed E-state index contributed by atoms with van der Waals surface area (Å²) in [6.07, 6.45) is 0. The molecular formula is C14H20O6S. The van der Waals surface area contributed by atoms with Gasteiger partial charge in [0.05, 0.1) is 25.0 Å². The molecule has 0 bridgehead atoms. The van der Waals surface area contributed by atoms with Gasteiger partial charge in [-0.15, -0.1) is 0 Å². The largest absolute Gasteiger partial charge is 0.495 e. The van der Waals surface area contributed by atoms with Gasteiger partial charge in [0.25, 0.3) is 0 Å². The predicted octanol–water partition coefficient (Wildman–Crippen LogP) is 1.84. The van der Waals surface area contributed by atoms with E-state index >= 15 is 0 Å². The quantitative estimate of drug-likeness (QED) is 0.736. The zero-order chi connectivity index (χ0) is 16.0. The number of hydrogen-bond donors (Lipinski definition) is 1. The number of methoxy groups -OCH3 is 1. The molecule has 0 saturated heterocycles. The van der Waals surface area contributed by atoms with E-state index in [1.54, 1.807) is 0 Å². The van der Waals surface area contributed by atoms with Crippen LogP contribution in [0.15, 0.2) is 23.1 Å². The summed E-state index contributed by atoms with van der Waals surface area (Å²) in [4.78, 5) is 10.8. The average Bonchev–Trinajstić information content (AvgIpc) is 2.42. The number of aromatic carboxylic acids is 1. The Kier molecular flexibility index (Phi) is 6.17. The summed E-state index contributed by atoms with van der Waals surface area (Å²) in [5.41, 5.74) is -0.0996. The van der Waals surface area contributed by atoms with Crippen molar-refractivity contribution in [2.24, 2.45) is 5.92 Å². The number of sulfone groups is 1. The molecule has 0 heterocycles. The number of hydrogen-bond acceptors (Lipinski definition) is 5. The molecule has 1 N–H and O–H groups in total. The van der Waals surface area contributed by atoms with Crippen LogP contribution in [0.2, 0.25) is 0 Å². The summed E-state index contributed by atoms with van der Waals surface area (Å²) >= 11 is 0. The van der Waals surface area contributed by atoms with Gasteiger partial charge in [-0.25, -0.2) is 13.2 Å². The van der Waals surface area contributed by atoms with Crippen LogP contribution in [0.1, 0.15) is 24.2 Å². The molecule has 0 saturated carbocycles. The number of carbonyl (C=O) groups is 1. The highest BCUT2D eigenvalue weighted by molar-refractivity contribution is 7.91. The molecule has 0 aliphatic heterocycles. The van der Waals surface area contributed by atoms with E-state index in [1.165, 1.54) is 19.2 Å². The van der Waals surface area contributed by atoms with Crippen LogP contribution in [0.25, 0.3) is 0 Å². The Morgan fingerprint density at radius 2 is 2.00 bits per heavy atom. The molecule has 118 valence electrons. The number of ether oxygens (including phenoxy) is 2. The Morgan fingerprint density at radius 3 is 2.52 bits per heavy atom. The maximum Gasteiger partial charge on any atom is 0.335 e. The molecule has 6 nitrogen and oxygen atoms in total. The van der Waals surface area contributed by atoms with Crippen molar-refractivity contribution in [1.29, 1.82) is 0 Å². The van der Waals surface area contributed by atoms with E-state index in [1.807, 2.05) is 13.8 Å². The van der Waals surface area contributed by atoms with E-state index in [0.717, 1.165) is 6.07 Å². The Labute approximate surface area is 124 Å². The Bertz CT molecular complexity index is 591. The van der Waals surface area contributed by atoms with E-state index in [2.05, 4.69) is 0 Å². The summed E-state index contributed by atoms with van der Waals surface area (Å²) in [6.45, 7) is 4.46. The van der Waals surface area contributed by atoms with Crippen LogP contribution >= 0.6 is 0 Å². The first-order valence-electron chi connectivity index (χ1n) is 6.49. The van der Waals surface area contributed by atoms with E-state index in [9.17, 15) is 13.2 Å². The summed E-state index contributed by atoms with van der Waals surface area (Å²) in [6, 6.07) is 3.75. The Morgan fingerprint density at radius 1 is 1.33 bits per heavy atom. The fraction of sp³-hybridized carbons (Fsp3) is 0.500. The molecule has 0 fully saturated rings. The minimum Gasteiger partial charge on any atom is -0.495 e. The maximum absolute atomic E-state index is 12.3. The second-order valence-corrected chi connectivity index (χ2v) is 7.04. The molecule has 0 aliphatic carbocycles. The monoisotopic (exact) mass is 316 g/mol. The van der Waals surface area contributed by atoms with Crippen LogP contribution in [-0.4, -0.2) is 45.6 Å². The number of benzene rings is 1. The fourth-order valence-corrected chi connectivity index (χ4v) is 2.97. The lowest BCUT2D eigenvalue weighted by atomic mass is 10.2. The highest BCUT2D eigenvalue weighted by Gasteiger charge is 2.21. The number of carboxylic acid groups (broad SMARTS) is 1. The van der Waals surface area contributed by atoms with Crippen molar-refractivity contribution in [2.75, 3.05) is 26.1 Å². The van der Waals surface area contributed by atoms with Crippen LogP contribution in [0, 0.1) is 5.92 Å². The van der Waals surface area contributed by atoms with Crippen molar-refractivity contribution < 1.29 is 27.8 Å². The molecule has 0 spiro atoms. The second-order valence-electron chi connectivity index (χ2n) is 4.96. The third-order valence-corrected chi connectivity index (χ3v) is 4.39. The third kappa shape index (κ3) is 5.02. The van der Waals surface area contributed by atoms with Crippen molar-refractivity contribution in [3.8, 4) is 5.75 Å². The molecule has 1 aromatic carbocycles. The zero-order valence-corrected chi connectivity index (χ0v) is 13.1. The van der Waals surface area contributed by atoms with Gasteiger partial charge in [0.2, 0.25) is 0 Å². The van der Waals surface area contributed by atoms with Gasteiger partial charge in [0.1, 0.15) is 10.6 Å². The van der Waals surface area contributed by atoms with Gasteiger partial charge in [-0.05, 0) is 24.1 Å². The average molecular weight is 316 g/mol. The first-order valence-corrected chi connectivity index (χ1v) is 8.15. The lowest BCUT2D eigenvalue weighted by Gasteiger charge is -2.11. The standard InChI is InChI=1S/C14H20O6S/c1-10(2)9-20-6-7-21(17,18)13-8-11(14(15)16)4-5-12(13)19-3/h4-5,8,10H,6-7,9H2,1-3H3,(H,15,16). The lowest BCUT2D eigenvalue weighted by molar-refractivity contribution is 0.0696. The van der Waals surface area contributed by atoms with Crippen LogP contribution in [0.4, 0.5) is 0 Å². The second kappa shape index (κ2) is 7.42. The molecule has 0 aromatic heterocycles. The smallest absolute Gasteiger partial charge is 0.335 e. The fourth-order valence-electron chi connectivity index (χ4n) is 1.65. The van der Waals surface area contributed by atoms with Crippen molar-refractivity contribution in [3.63, 3.8) is 0 Å². The maximum atomic E-state index is 12.3. The van der Waals surface area contributed by atoms with E-state index < -0.39 is 15.8 Å². The van der Waals surface area contributed by atoms with Crippen molar-refractivity contribution in [2.45, 2.75) is 18.7 Å². The van der Waals surface area contributed by atoms with Crippen molar-refractivity contribution in [1.82, 2.24) is 0 Å². The molecular weight excluding hydrogens is 296 g/mol. The van der Waals surface area contributed by atoms with Gasteiger partial charge >= 0.3 is 5.97 Å². The van der Waals surface area contributed by atoms with Gasteiger partial charge in [0, 0.05) is 6.61 Å². The first-order chi connectivity index (χ1) is 9.77. The summed E-state index contributed by atoms with van der Waals surface area (Å²) in [5, 5.41) is 8.95. The van der Waals surface area contributed by atoms with Crippen molar-refractivity contribution >= 4 is 15.8 Å².